The zero-order valence-corrected chi connectivity index (χ0v) is 67.0. The van der Waals surface area contributed by atoms with Crippen molar-refractivity contribution in [3.05, 3.63) is 24.3 Å². The molecule has 2 unspecified atom stereocenters. The van der Waals surface area contributed by atoms with Crippen LogP contribution in [0.1, 0.15) is 477 Å². The van der Waals surface area contributed by atoms with E-state index in [4.69, 9.17) is 0 Å². The fourth-order valence-corrected chi connectivity index (χ4v) is 14.0. The Morgan fingerprint density at radius 1 is 0.237 bits per heavy atom. The van der Waals surface area contributed by atoms with E-state index in [1.165, 1.54) is 411 Å². The summed E-state index contributed by atoms with van der Waals surface area (Å²) in [5, 5.41) is 0. The van der Waals surface area contributed by atoms with Gasteiger partial charge in [0.25, 0.3) is 0 Å². The fourth-order valence-electron chi connectivity index (χ4n) is 13.3. The molecule has 93 heavy (non-hydrogen) atoms. The van der Waals surface area contributed by atoms with Crippen LogP contribution in [-0.4, -0.2) is 76.9 Å². The van der Waals surface area contributed by atoms with E-state index in [0.717, 1.165) is 38.5 Å². The van der Waals surface area contributed by atoms with Crippen molar-refractivity contribution in [2.75, 3.05) is 13.2 Å². The monoisotopic (exact) mass is 1380 g/mol. The van der Waals surface area contributed by atoms with Crippen molar-refractivity contribution in [1.82, 2.24) is 0 Å². The van der Waals surface area contributed by atoms with Crippen LogP contribution in [0, 0.1) is 11.8 Å². The SMILES string of the molecule is CCCCCCCCCCCCCCCCCCC/C=C/C(CCCCCCCCCCCCCCCCCC)COS(=O)(=O)[O-].CCCCCCCCCCCCCCCCCCC/C=C/C(CCCCCCCCCCCCCCCCCC)COS(=O)(=O)[O-].[Ca+2]. The maximum absolute atomic E-state index is 11.0. The average molecular weight is 1380 g/mol. The number of rotatable bonds is 78. The summed E-state index contributed by atoms with van der Waals surface area (Å²) in [4.78, 5) is 0. The Labute approximate surface area is 614 Å². The maximum Gasteiger partial charge on any atom is 2.00 e. The van der Waals surface area contributed by atoms with Crippen LogP contribution < -0.4 is 0 Å². The number of allylic oxidation sites excluding steroid dienone is 2. The van der Waals surface area contributed by atoms with Gasteiger partial charge in [-0.15, -0.1) is 0 Å². The first-order valence-electron chi connectivity index (χ1n) is 41.5. The Morgan fingerprint density at radius 3 is 0.527 bits per heavy atom. The second-order valence-corrected chi connectivity index (χ2v) is 30.9. The van der Waals surface area contributed by atoms with E-state index in [9.17, 15) is 25.9 Å². The van der Waals surface area contributed by atoms with Gasteiger partial charge in [-0.25, -0.2) is 16.8 Å². The minimum Gasteiger partial charge on any atom is -0.726 e. The van der Waals surface area contributed by atoms with Crippen molar-refractivity contribution in [3.63, 3.8) is 0 Å². The molecule has 0 aliphatic carbocycles. The topological polar surface area (TPSA) is 133 Å². The van der Waals surface area contributed by atoms with Crippen molar-refractivity contribution in [2.45, 2.75) is 477 Å². The Bertz CT molecular complexity index is 1540. The standard InChI is InChI=1S/2C41H82O4S.Ca/c2*1-3-5-7-9-11-13-15-17-19-21-22-23-25-27-29-31-33-35-37-39-41(40-45-46(42,43)44)38-36-34-32-30-28-26-24-20-18-16-14-12-10-8-6-4-2;/h2*37,39,41H,3-36,38,40H2,1-2H3,(H,42,43,44);/q;;+2/p-2/b2*39-37+;. The van der Waals surface area contributed by atoms with Crippen LogP contribution >= 0.6 is 0 Å². The van der Waals surface area contributed by atoms with Gasteiger partial charge in [-0.3, -0.25) is 8.37 Å². The molecule has 0 rings (SSSR count). The average Bonchev–Trinajstić information content (AvgIpc) is 3.74. The molecule has 8 nitrogen and oxygen atoms in total. The molecule has 0 aromatic heterocycles. The number of hydrogen-bond donors (Lipinski definition) is 0. The van der Waals surface area contributed by atoms with Gasteiger partial charge >= 0.3 is 37.7 Å². The molecule has 0 fully saturated rings. The van der Waals surface area contributed by atoms with Crippen LogP contribution in [0.25, 0.3) is 0 Å². The minimum atomic E-state index is -4.63. The number of hydrogen-bond acceptors (Lipinski definition) is 8. The first-order chi connectivity index (χ1) is 45.0. The summed E-state index contributed by atoms with van der Waals surface area (Å²) >= 11 is 0. The minimum absolute atomic E-state index is 0. The molecule has 0 aliphatic heterocycles. The molecule has 0 aromatic carbocycles. The molecule has 0 saturated heterocycles. The van der Waals surface area contributed by atoms with E-state index in [-0.39, 0.29) is 62.8 Å². The van der Waals surface area contributed by atoms with Crippen molar-refractivity contribution in [1.29, 1.82) is 0 Å². The third-order valence-corrected chi connectivity index (χ3v) is 20.3. The van der Waals surface area contributed by atoms with Gasteiger partial charge in [0.2, 0.25) is 20.8 Å². The molecule has 2 atom stereocenters. The summed E-state index contributed by atoms with van der Waals surface area (Å²) in [6.07, 6.45) is 102. The molecule has 0 amide bonds. The van der Waals surface area contributed by atoms with Crippen LogP contribution in [0.15, 0.2) is 24.3 Å². The van der Waals surface area contributed by atoms with Gasteiger partial charge in [-0.2, -0.15) is 0 Å². The summed E-state index contributed by atoms with van der Waals surface area (Å²) in [7, 11) is -9.26. The van der Waals surface area contributed by atoms with E-state index < -0.39 is 20.8 Å². The molecule has 0 saturated carbocycles. The van der Waals surface area contributed by atoms with Crippen molar-refractivity contribution < 1.29 is 34.3 Å². The van der Waals surface area contributed by atoms with Crippen LogP contribution in [0.3, 0.4) is 0 Å². The molecule has 0 bridgehead atoms. The van der Waals surface area contributed by atoms with Gasteiger partial charge in [0.05, 0.1) is 13.2 Å². The van der Waals surface area contributed by atoms with E-state index in [1.807, 2.05) is 0 Å². The maximum atomic E-state index is 11.0. The zero-order chi connectivity index (χ0) is 67.3. The molecule has 0 aromatic rings. The summed E-state index contributed by atoms with van der Waals surface area (Å²) in [6.45, 7) is 9.10. The van der Waals surface area contributed by atoms with Crippen LogP contribution in [0.4, 0.5) is 0 Å². The summed E-state index contributed by atoms with van der Waals surface area (Å²) in [5.41, 5.74) is 0. The molecule has 0 spiro atoms. The number of unbranched alkanes of at least 4 members (excludes halogenated alkanes) is 64. The molecule has 0 radical (unpaired) electrons. The predicted molar refractivity (Wildman–Crippen MR) is 408 cm³/mol. The third-order valence-electron chi connectivity index (χ3n) is 19.5. The van der Waals surface area contributed by atoms with Crippen LogP contribution in [-0.2, 0) is 29.2 Å². The van der Waals surface area contributed by atoms with E-state index in [1.54, 1.807) is 0 Å². The largest absolute Gasteiger partial charge is 2.00 e. The van der Waals surface area contributed by atoms with Crippen LogP contribution in [0.2, 0.25) is 0 Å². The smallest absolute Gasteiger partial charge is 0.726 e. The Morgan fingerprint density at radius 2 is 0.376 bits per heavy atom. The normalized spacial score (nSPS) is 12.7. The quantitative estimate of drug-likeness (QED) is 0.0193. The molecule has 0 aliphatic rings. The first-order valence-corrected chi connectivity index (χ1v) is 44.2. The first kappa shape index (κ1) is 97.7. The molecule has 0 N–H and O–H groups in total. The third kappa shape index (κ3) is 92.5. The van der Waals surface area contributed by atoms with E-state index in [0.29, 0.717) is 0 Å². The second kappa shape index (κ2) is 83.1. The summed E-state index contributed by atoms with van der Waals surface area (Å²) < 4.78 is 75.3. The molecular weight excluding hydrogens is 1220 g/mol. The molecule has 0 heterocycles. The van der Waals surface area contributed by atoms with Gasteiger partial charge in [-0.1, -0.05) is 463 Å². The van der Waals surface area contributed by atoms with Crippen molar-refractivity contribution in [2.24, 2.45) is 11.8 Å². The summed E-state index contributed by atoms with van der Waals surface area (Å²) in [6, 6.07) is 0. The molecular formula is C82H162CaO8S2. The van der Waals surface area contributed by atoms with E-state index >= 15 is 0 Å². The summed E-state index contributed by atoms with van der Waals surface area (Å²) in [5.74, 6) is 0.0299. The fraction of sp³-hybridized carbons (Fsp3) is 0.951. The Hall–Kier alpha value is 0.480. The molecule has 552 valence electrons. The van der Waals surface area contributed by atoms with E-state index in [2.05, 4.69) is 60.4 Å². The predicted octanol–water partition coefficient (Wildman–Crippen LogP) is 28.3. The zero-order valence-electron chi connectivity index (χ0n) is 63.2. The van der Waals surface area contributed by atoms with Gasteiger partial charge in [0.15, 0.2) is 0 Å². The van der Waals surface area contributed by atoms with Gasteiger partial charge < -0.3 is 9.11 Å². The van der Waals surface area contributed by atoms with Gasteiger partial charge in [-0.05, 0) is 38.5 Å². The van der Waals surface area contributed by atoms with Gasteiger partial charge in [0.1, 0.15) is 0 Å². The van der Waals surface area contributed by atoms with Crippen molar-refractivity contribution >= 4 is 58.5 Å². The van der Waals surface area contributed by atoms with Crippen molar-refractivity contribution in [3.8, 4) is 0 Å². The Balaban J connectivity index is -0.00000172. The molecule has 11 heteroatoms. The second-order valence-electron chi connectivity index (χ2n) is 28.8. The van der Waals surface area contributed by atoms with Gasteiger partial charge in [0, 0.05) is 11.8 Å². The Kier molecular flexibility index (Phi) is 87.3. The van der Waals surface area contributed by atoms with Crippen LogP contribution in [0.5, 0.6) is 0 Å².